The van der Waals surface area contributed by atoms with Crippen LogP contribution in [0.1, 0.15) is 26.3 Å². The lowest BCUT2D eigenvalue weighted by molar-refractivity contribution is -0.137. The van der Waals surface area contributed by atoms with Crippen molar-refractivity contribution in [3.8, 4) is 11.1 Å². The van der Waals surface area contributed by atoms with Crippen LogP contribution in [0, 0.1) is 0 Å². The first-order chi connectivity index (χ1) is 15.8. The SMILES string of the molecule is O=C(Nc1ccc(C(=O)N2CCOCC2)cc1)c1ccccc1-c1ccc(C(F)(F)F)cc1. The Hall–Kier alpha value is -3.65. The average molecular weight is 454 g/mol. The minimum Gasteiger partial charge on any atom is -0.378 e. The van der Waals surface area contributed by atoms with Crippen LogP contribution in [0.4, 0.5) is 18.9 Å². The minimum absolute atomic E-state index is 0.0937. The number of morpholine rings is 1. The third-order valence-electron chi connectivity index (χ3n) is 5.38. The Bertz CT molecular complexity index is 1140. The fourth-order valence-electron chi connectivity index (χ4n) is 3.62. The molecule has 0 atom stereocenters. The van der Waals surface area contributed by atoms with Gasteiger partial charge in [-0.05, 0) is 53.6 Å². The molecule has 0 aromatic heterocycles. The van der Waals surface area contributed by atoms with Crippen molar-refractivity contribution in [1.82, 2.24) is 4.90 Å². The monoisotopic (exact) mass is 454 g/mol. The molecule has 1 heterocycles. The first kappa shape index (κ1) is 22.5. The largest absolute Gasteiger partial charge is 0.416 e. The lowest BCUT2D eigenvalue weighted by atomic mass is 9.98. The Kier molecular flexibility index (Phi) is 6.46. The minimum atomic E-state index is -4.43. The van der Waals surface area contributed by atoms with E-state index < -0.39 is 17.6 Å². The van der Waals surface area contributed by atoms with E-state index in [0.717, 1.165) is 12.1 Å². The molecule has 1 N–H and O–H groups in total. The zero-order valence-electron chi connectivity index (χ0n) is 17.6. The molecule has 0 saturated carbocycles. The third kappa shape index (κ3) is 5.23. The van der Waals surface area contributed by atoms with E-state index in [0.29, 0.717) is 54.2 Å². The number of amides is 2. The van der Waals surface area contributed by atoms with Gasteiger partial charge in [-0.3, -0.25) is 9.59 Å². The zero-order chi connectivity index (χ0) is 23.4. The number of hydrogen-bond donors (Lipinski definition) is 1. The lowest BCUT2D eigenvalue weighted by Gasteiger charge is -2.26. The van der Waals surface area contributed by atoms with Crippen molar-refractivity contribution in [1.29, 1.82) is 0 Å². The van der Waals surface area contributed by atoms with Crippen molar-refractivity contribution < 1.29 is 27.5 Å². The van der Waals surface area contributed by atoms with Gasteiger partial charge in [0.25, 0.3) is 11.8 Å². The number of benzene rings is 3. The zero-order valence-corrected chi connectivity index (χ0v) is 17.6. The molecular formula is C25H21F3N2O3. The first-order valence-corrected chi connectivity index (χ1v) is 10.4. The average Bonchev–Trinajstić information content (AvgIpc) is 2.84. The highest BCUT2D eigenvalue weighted by Crippen LogP contribution is 2.32. The van der Waals surface area contributed by atoms with Gasteiger partial charge in [-0.2, -0.15) is 13.2 Å². The number of carbonyl (C=O) groups is 2. The van der Waals surface area contributed by atoms with Crippen LogP contribution in [0.2, 0.25) is 0 Å². The van der Waals surface area contributed by atoms with Crippen LogP contribution in [0.25, 0.3) is 11.1 Å². The van der Waals surface area contributed by atoms with E-state index in [4.69, 9.17) is 4.74 Å². The van der Waals surface area contributed by atoms with Crippen molar-refractivity contribution >= 4 is 17.5 Å². The summed E-state index contributed by atoms with van der Waals surface area (Å²) < 4.78 is 43.8. The van der Waals surface area contributed by atoms with Gasteiger partial charge in [0.05, 0.1) is 18.8 Å². The number of hydrogen-bond acceptors (Lipinski definition) is 3. The van der Waals surface area contributed by atoms with Gasteiger partial charge in [-0.15, -0.1) is 0 Å². The second-order valence-corrected chi connectivity index (χ2v) is 7.56. The maximum absolute atomic E-state index is 12.9. The Balaban J connectivity index is 1.50. The van der Waals surface area contributed by atoms with Crippen molar-refractivity contribution in [3.63, 3.8) is 0 Å². The molecule has 33 heavy (non-hydrogen) atoms. The Morgan fingerprint density at radius 2 is 1.48 bits per heavy atom. The molecule has 0 aliphatic carbocycles. The number of nitrogens with one attached hydrogen (secondary N) is 1. The molecule has 0 radical (unpaired) electrons. The second kappa shape index (κ2) is 9.46. The molecule has 3 aromatic rings. The van der Waals surface area contributed by atoms with Gasteiger partial charge in [0.15, 0.2) is 0 Å². The fourth-order valence-corrected chi connectivity index (χ4v) is 3.62. The fraction of sp³-hybridized carbons (Fsp3) is 0.200. The summed E-state index contributed by atoms with van der Waals surface area (Å²) in [6.07, 6.45) is -4.43. The second-order valence-electron chi connectivity index (χ2n) is 7.56. The van der Waals surface area contributed by atoms with E-state index in [2.05, 4.69) is 5.32 Å². The van der Waals surface area contributed by atoms with E-state index in [-0.39, 0.29) is 5.91 Å². The van der Waals surface area contributed by atoms with Gasteiger partial charge < -0.3 is 15.0 Å². The molecule has 0 bridgehead atoms. The number of alkyl halides is 3. The normalized spacial score (nSPS) is 14.1. The summed E-state index contributed by atoms with van der Waals surface area (Å²) >= 11 is 0. The number of anilines is 1. The molecular weight excluding hydrogens is 433 g/mol. The van der Waals surface area contributed by atoms with Gasteiger partial charge in [-0.1, -0.05) is 30.3 Å². The van der Waals surface area contributed by atoms with Crippen molar-refractivity contribution in [3.05, 3.63) is 89.5 Å². The maximum Gasteiger partial charge on any atom is 0.416 e. The summed E-state index contributed by atoms with van der Waals surface area (Å²) in [5, 5.41) is 2.79. The standard InChI is InChI=1S/C25H21F3N2O3/c26-25(27,28)19-9-5-17(6-10-19)21-3-1-2-4-22(21)23(31)29-20-11-7-18(8-12-20)24(32)30-13-15-33-16-14-30/h1-12H,13-16H2,(H,29,31). The molecule has 0 unspecified atom stereocenters. The predicted octanol–water partition coefficient (Wildman–Crippen LogP) is 5.10. The molecule has 8 heteroatoms. The highest BCUT2D eigenvalue weighted by atomic mass is 19.4. The molecule has 170 valence electrons. The number of ether oxygens (including phenoxy) is 1. The maximum atomic E-state index is 12.9. The summed E-state index contributed by atoms with van der Waals surface area (Å²) in [7, 11) is 0. The van der Waals surface area contributed by atoms with E-state index >= 15 is 0 Å². The molecule has 0 spiro atoms. The van der Waals surface area contributed by atoms with Crippen LogP contribution >= 0.6 is 0 Å². The quantitative estimate of drug-likeness (QED) is 0.597. The van der Waals surface area contributed by atoms with Gasteiger partial charge in [0, 0.05) is 29.9 Å². The Morgan fingerprint density at radius 1 is 0.848 bits per heavy atom. The predicted molar refractivity (Wildman–Crippen MR) is 118 cm³/mol. The molecule has 1 saturated heterocycles. The van der Waals surface area contributed by atoms with Crippen molar-refractivity contribution in [2.24, 2.45) is 0 Å². The molecule has 5 nitrogen and oxygen atoms in total. The van der Waals surface area contributed by atoms with Crippen LogP contribution in [0.5, 0.6) is 0 Å². The summed E-state index contributed by atoms with van der Waals surface area (Å²) in [6.45, 7) is 2.10. The van der Waals surface area contributed by atoms with Gasteiger partial charge in [0.1, 0.15) is 0 Å². The van der Waals surface area contributed by atoms with E-state index in [1.807, 2.05) is 0 Å². The summed E-state index contributed by atoms with van der Waals surface area (Å²) in [4.78, 5) is 27.2. The van der Waals surface area contributed by atoms with Crippen molar-refractivity contribution in [2.45, 2.75) is 6.18 Å². The van der Waals surface area contributed by atoms with E-state index in [1.165, 1.54) is 12.1 Å². The summed E-state index contributed by atoms with van der Waals surface area (Å²) in [6, 6.07) is 18.0. The van der Waals surface area contributed by atoms with Crippen LogP contribution in [0.15, 0.2) is 72.8 Å². The number of carbonyl (C=O) groups excluding carboxylic acids is 2. The summed E-state index contributed by atoms with van der Waals surface area (Å²) in [5.41, 5.74) is 1.61. The molecule has 1 fully saturated rings. The van der Waals surface area contributed by atoms with Gasteiger partial charge >= 0.3 is 6.18 Å². The van der Waals surface area contributed by atoms with Crippen LogP contribution in [-0.2, 0) is 10.9 Å². The Morgan fingerprint density at radius 3 is 2.12 bits per heavy atom. The number of rotatable bonds is 4. The van der Waals surface area contributed by atoms with Crippen LogP contribution in [-0.4, -0.2) is 43.0 Å². The smallest absolute Gasteiger partial charge is 0.378 e. The third-order valence-corrected chi connectivity index (χ3v) is 5.38. The molecule has 1 aliphatic heterocycles. The number of nitrogens with zero attached hydrogens (tertiary/aromatic N) is 1. The van der Waals surface area contributed by atoms with Gasteiger partial charge in [0.2, 0.25) is 0 Å². The van der Waals surface area contributed by atoms with Crippen LogP contribution < -0.4 is 5.32 Å². The number of halogens is 3. The highest BCUT2D eigenvalue weighted by Gasteiger charge is 2.30. The van der Waals surface area contributed by atoms with Crippen molar-refractivity contribution in [2.75, 3.05) is 31.6 Å². The van der Waals surface area contributed by atoms with Gasteiger partial charge in [-0.25, -0.2) is 0 Å². The molecule has 3 aromatic carbocycles. The first-order valence-electron chi connectivity index (χ1n) is 10.4. The van der Waals surface area contributed by atoms with E-state index in [9.17, 15) is 22.8 Å². The van der Waals surface area contributed by atoms with E-state index in [1.54, 1.807) is 53.4 Å². The highest BCUT2D eigenvalue weighted by molar-refractivity contribution is 6.09. The Labute approximate surface area is 188 Å². The topological polar surface area (TPSA) is 58.6 Å². The lowest BCUT2D eigenvalue weighted by Crippen LogP contribution is -2.40. The van der Waals surface area contributed by atoms with Crippen LogP contribution in [0.3, 0.4) is 0 Å². The molecule has 1 aliphatic rings. The summed E-state index contributed by atoms with van der Waals surface area (Å²) in [5.74, 6) is -0.499. The molecule has 4 rings (SSSR count). The molecule has 2 amide bonds.